The number of hydrogen-bond acceptors (Lipinski definition) is 5. The molecule has 0 saturated heterocycles. The number of carbonyl (C=O) groups excluding carboxylic acids is 2. The normalized spacial score (nSPS) is 20.2. The van der Waals surface area contributed by atoms with Crippen molar-refractivity contribution in [1.29, 1.82) is 0 Å². The van der Waals surface area contributed by atoms with Gasteiger partial charge in [0.2, 0.25) is 5.91 Å². The third-order valence-corrected chi connectivity index (χ3v) is 5.34. The maximum absolute atomic E-state index is 13.0. The van der Waals surface area contributed by atoms with E-state index in [0.29, 0.717) is 13.0 Å². The Morgan fingerprint density at radius 2 is 1.90 bits per heavy atom. The minimum absolute atomic E-state index is 0.0215. The predicted molar refractivity (Wildman–Crippen MR) is 114 cm³/mol. The molecule has 2 atom stereocenters. The fraction of sp³-hybridized carbons (Fsp3) is 0.636. The molecule has 30 heavy (non-hydrogen) atoms. The predicted octanol–water partition coefficient (Wildman–Crippen LogP) is 3.25. The van der Waals surface area contributed by atoms with Gasteiger partial charge in [0.05, 0.1) is 5.92 Å². The summed E-state index contributed by atoms with van der Waals surface area (Å²) in [4.78, 5) is 25.3. The highest BCUT2D eigenvalue weighted by Gasteiger charge is 2.31. The highest BCUT2D eigenvalue weighted by molar-refractivity contribution is 5.80. The fourth-order valence-corrected chi connectivity index (χ4v) is 3.92. The van der Waals surface area contributed by atoms with Crippen LogP contribution in [-0.4, -0.2) is 44.8 Å². The van der Waals surface area contributed by atoms with Crippen LogP contribution in [0.15, 0.2) is 24.4 Å². The molecule has 3 rings (SSSR count). The third kappa shape index (κ3) is 6.18. The molecule has 2 aromatic heterocycles. The molecule has 1 aliphatic carbocycles. The number of ether oxygens (including phenoxy) is 1. The van der Waals surface area contributed by atoms with Crippen molar-refractivity contribution >= 4 is 17.6 Å². The van der Waals surface area contributed by atoms with Gasteiger partial charge in [-0.1, -0.05) is 31.7 Å². The zero-order chi connectivity index (χ0) is 21.6. The molecule has 0 spiro atoms. The number of rotatable bonds is 5. The van der Waals surface area contributed by atoms with Gasteiger partial charge in [0.15, 0.2) is 5.65 Å². The number of fused-ring (bicyclic) bond motifs is 1. The summed E-state index contributed by atoms with van der Waals surface area (Å²) in [7, 11) is 0. The summed E-state index contributed by atoms with van der Waals surface area (Å²) in [6.07, 6.45) is 7.83. The summed E-state index contributed by atoms with van der Waals surface area (Å²) in [5.41, 5.74) is 0.227. The van der Waals surface area contributed by atoms with Crippen LogP contribution in [0.5, 0.6) is 0 Å². The lowest BCUT2D eigenvalue weighted by Gasteiger charge is -2.30. The van der Waals surface area contributed by atoms with Crippen molar-refractivity contribution in [2.75, 3.05) is 6.54 Å². The van der Waals surface area contributed by atoms with Crippen LogP contribution in [0, 0.1) is 5.92 Å². The standard InChI is InChI=1S/C22H33N5O3/c1-22(2,3)30-21(29)24-17-11-7-5-4-6-10-16(17)20(28)23-14-13-19-26-25-18-12-8-9-15-27(18)19/h8-9,12,15-17H,4-7,10-11,13-14H2,1-3H3,(H,23,28)(H,24,29). The Morgan fingerprint density at radius 1 is 1.13 bits per heavy atom. The molecule has 0 aliphatic heterocycles. The van der Waals surface area contributed by atoms with Gasteiger partial charge in [0, 0.05) is 25.2 Å². The van der Waals surface area contributed by atoms with Crippen LogP contribution in [0.3, 0.4) is 0 Å². The lowest BCUT2D eigenvalue weighted by Crippen LogP contribution is -2.48. The Balaban J connectivity index is 1.59. The number of carbonyl (C=O) groups is 2. The number of amides is 2. The first-order valence-electron chi connectivity index (χ1n) is 10.9. The quantitative estimate of drug-likeness (QED) is 0.781. The maximum Gasteiger partial charge on any atom is 0.407 e. The number of pyridine rings is 1. The molecule has 0 bridgehead atoms. The van der Waals surface area contributed by atoms with Crippen LogP contribution in [0.25, 0.3) is 5.65 Å². The molecule has 8 nitrogen and oxygen atoms in total. The minimum Gasteiger partial charge on any atom is -0.444 e. The van der Waals surface area contributed by atoms with Crippen LogP contribution >= 0.6 is 0 Å². The molecule has 1 aliphatic rings. The first-order chi connectivity index (χ1) is 14.3. The van der Waals surface area contributed by atoms with E-state index in [1.165, 1.54) is 0 Å². The Morgan fingerprint density at radius 3 is 2.67 bits per heavy atom. The number of hydrogen-bond donors (Lipinski definition) is 2. The van der Waals surface area contributed by atoms with Crippen LogP contribution in [0.1, 0.15) is 65.1 Å². The molecular formula is C22H33N5O3. The Kier molecular flexibility index (Phi) is 7.29. The van der Waals surface area contributed by atoms with E-state index in [1.807, 2.05) is 49.6 Å². The lowest BCUT2D eigenvalue weighted by atomic mass is 9.86. The number of nitrogens with one attached hydrogen (secondary N) is 2. The molecule has 0 radical (unpaired) electrons. The van der Waals surface area contributed by atoms with E-state index >= 15 is 0 Å². The van der Waals surface area contributed by atoms with Crippen molar-refractivity contribution in [3.05, 3.63) is 30.2 Å². The SMILES string of the molecule is CC(C)(C)OC(=O)NC1CCCCCCC1C(=O)NCCc1nnc2ccccn12. The van der Waals surface area contributed by atoms with Gasteiger partial charge in [-0.15, -0.1) is 10.2 Å². The first-order valence-corrected chi connectivity index (χ1v) is 10.9. The van der Waals surface area contributed by atoms with Crippen molar-refractivity contribution in [3.8, 4) is 0 Å². The molecule has 2 N–H and O–H groups in total. The van der Waals surface area contributed by atoms with Crippen molar-refractivity contribution in [2.45, 2.75) is 77.4 Å². The van der Waals surface area contributed by atoms with Gasteiger partial charge in [0.25, 0.3) is 0 Å². The average molecular weight is 416 g/mol. The second-order valence-electron chi connectivity index (χ2n) is 8.94. The third-order valence-electron chi connectivity index (χ3n) is 5.34. The molecule has 0 aromatic carbocycles. The monoisotopic (exact) mass is 415 g/mol. The van der Waals surface area contributed by atoms with E-state index < -0.39 is 11.7 Å². The van der Waals surface area contributed by atoms with Crippen LogP contribution < -0.4 is 10.6 Å². The van der Waals surface area contributed by atoms with Crippen LogP contribution in [0.4, 0.5) is 4.79 Å². The second kappa shape index (κ2) is 9.91. The Hall–Kier alpha value is -2.64. The summed E-state index contributed by atoms with van der Waals surface area (Å²) in [5, 5.41) is 14.3. The molecule has 2 heterocycles. The maximum atomic E-state index is 13.0. The van der Waals surface area contributed by atoms with E-state index in [2.05, 4.69) is 20.8 Å². The lowest BCUT2D eigenvalue weighted by molar-refractivity contribution is -0.126. The fourth-order valence-electron chi connectivity index (χ4n) is 3.92. The molecule has 2 aromatic rings. The van der Waals surface area contributed by atoms with E-state index in [1.54, 1.807) is 0 Å². The van der Waals surface area contributed by atoms with Gasteiger partial charge >= 0.3 is 6.09 Å². The largest absolute Gasteiger partial charge is 0.444 e. The molecule has 1 saturated carbocycles. The van der Waals surface area contributed by atoms with Crippen LogP contribution in [0.2, 0.25) is 0 Å². The zero-order valence-electron chi connectivity index (χ0n) is 18.2. The zero-order valence-corrected chi connectivity index (χ0v) is 18.2. The summed E-state index contributed by atoms with van der Waals surface area (Å²) < 4.78 is 7.34. The number of nitrogens with zero attached hydrogens (tertiary/aromatic N) is 3. The van der Waals surface area contributed by atoms with Gasteiger partial charge in [-0.05, 0) is 45.7 Å². The summed E-state index contributed by atoms with van der Waals surface area (Å²) in [5.74, 6) is 0.534. The van der Waals surface area contributed by atoms with Gasteiger partial charge in [-0.2, -0.15) is 0 Å². The topological polar surface area (TPSA) is 97.6 Å². The molecule has 8 heteroatoms. The smallest absolute Gasteiger partial charge is 0.407 e. The van der Waals surface area contributed by atoms with Gasteiger partial charge in [0.1, 0.15) is 11.4 Å². The molecule has 164 valence electrons. The van der Waals surface area contributed by atoms with E-state index in [0.717, 1.165) is 50.0 Å². The highest BCUT2D eigenvalue weighted by Crippen LogP contribution is 2.24. The Bertz CT molecular complexity index is 858. The van der Waals surface area contributed by atoms with Gasteiger partial charge in [-0.3, -0.25) is 9.20 Å². The summed E-state index contributed by atoms with van der Waals surface area (Å²) >= 11 is 0. The highest BCUT2D eigenvalue weighted by atomic mass is 16.6. The average Bonchev–Trinajstić information content (AvgIpc) is 3.06. The Labute approximate surface area is 177 Å². The molecule has 2 amide bonds. The van der Waals surface area contributed by atoms with E-state index in [4.69, 9.17) is 4.74 Å². The number of aromatic nitrogens is 3. The van der Waals surface area contributed by atoms with Crippen LogP contribution in [-0.2, 0) is 16.0 Å². The van der Waals surface area contributed by atoms with Gasteiger partial charge < -0.3 is 15.4 Å². The van der Waals surface area contributed by atoms with Crippen molar-refractivity contribution in [1.82, 2.24) is 25.2 Å². The molecule has 2 unspecified atom stereocenters. The second-order valence-corrected chi connectivity index (χ2v) is 8.94. The van der Waals surface area contributed by atoms with Gasteiger partial charge in [-0.25, -0.2) is 4.79 Å². The van der Waals surface area contributed by atoms with E-state index in [-0.39, 0.29) is 17.9 Å². The van der Waals surface area contributed by atoms with Crippen molar-refractivity contribution in [3.63, 3.8) is 0 Å². The molecular weight excluding hydrogens is 382 g/mol. The summed E-state index contributed by atoms with van der Waals surface area (Å²) in [6, 6.07) is 5.53. The van der Waals surface area contributed by atoms with Crippen molar-refractivity contribution < 1.29 is 14.3 Å². The minimum atomic E-state index is -0.565. The summed E-state index contributed by atoms with van der Waals surface area (Å²) in [6.45, 7) is 5.99. The molecule has 1 fully saturated rings. The van der Waals surface area contributed by atoms with Crippen molar-refractivity contribution in [2.24, 2.45) is 5.92 Å². The first kappa shape index (κ1) is 22.1. The number of alkyl carbamates (subject to hydrolysis) is 1. The van der Waals surface area contributed by atoms with E-state index in [9.17, 15) is 9.59 Å².